The lowest BCUT2D eigenvalue weighted by Crippen LogP contribution is -2.29. The molecule has 162 valence electrons. The van der Waals surface area contributed by atoms with E-state index in [1.165, 1.54) is 0 Å². The van der Waals surface area contributed by atoms with Crippen LogP contribution in [0.5, 0.6) is 5.75 Å². The van der Waals surface area contributed by atoms with E-state index in [2.05, 4.69) is 17.4 Å². The third-order valence-electron chi connectivity index (χ3n) is 5.09. The Morgan fingerprint density at radius 1 is 0.969 bits per heavy atom. The van der Waals surface area contributed by atoms with Crippen molar-refractivity contribution < 1.29 is 9.53 Å². The molecule has 0 saturated heterocycles. The van der Waals surface area contributed by atoms with Crippen LogP contribution in [0.4, 0.5) is 5.69 Å². The van der Waals surface area contributed by atoms with E-state index < -0.39 is 0 Å². The SMILES string of the molecule is COc1ccc(NC(=O)CN(C)Cc2cn(-c3ccccc3)nc2-c2ccccc2)cc1. The Kier molecular flexibility index (Phi) is 6.63. The van der Waals surface area contributed by atoms with E-state index in [0.717, 1.165) is 33.9 Å². The molecule has 0 bridgehead atoms. The molecule has 0 fully saturated rings. The predicted molar refractivity (Wildman–Crippen MR) is 127 cm³/mol. The number of hydrogen-bond donors (Lipinski definition) is 1. The van der Waals surface area contributed by atoms with Crippen LogP contribution in [0.25, 0.3) is 16.9 Å². The Bertz CT molecular complexity index is 1160. The molecule has 0 saturated carbocycles. The lowest BCUT2D eigenvalue weighted by atomic mass is 10.1. The molecule has 1 N–H and O–H groups in total. The first-order chi connectivity index (χ1) is 15.6. The number of carbonyl (C=O) groups excluding carboxylic acids is 1. The van der Waals surface area contributed by atoms with Crippen molar-refractivity contribution in [3.63, 3.8) is 0 Å². The molecule has 0 radical (unpaired) electrons. The van der Waals surface area contributed by atoms with E-state index in [4.69, 9.17) is 9.84 Å². The van der Waals surface area contributed by atoms with E-state index in [1.807, 2.05) is 95.6 Å². The third kappa shape index (κ3) is 5.22. The molecule has 1 heterocycles. The van der Waals surface area contributed by atoms with Gasteiger partial charge in [0, 0.05) is 29.6 Å². The van der Waals surface area contributed by atoms with Gasteiger partial charge in [-0.25, -0.2) is 4.68 Å². The molecule has 0 atom stereocenters. The number of nitrogens with zero attached hydrogens (tertiary/aromatic N) is 3. The highest BCUT2D eigenvalue weighted by atomic mass is 16.5. The highest BCUT2D eigenvalue weighted by Gasteiger charge is 2.15. The van der Waals surface area contributed by atoms with Crippen molar-refractivity contribution in [3.05, 3.63) is 96.7 Å². The van der Waals surface area contributed by atoms with Gasteiger partial charge < -0.3 is 10.1 Å². The Balaban J connectivity index is 1.49. The van der Waals surface area contributed by atoms with E-state index in [9.17, 15) is 4.79 Å². The number of anilines is 1. The highest BCUT2D eigenvalue weighted by Crippen LogP contribution is 2.24. The van der Waals surface area contributed by atoms with Crippen molar-refractivity contribution in [2.75, 3.05) is 26.0 Å². The number of methoxy groups -OCH3 is 1. The molecule has 3 aromatic carbocycles. The third-order valence-corrected chi connectivity index (χ3v) is 5.09. The Hall–Kier alpha value is -3.90. The van der Waals surface area contributed by atoms with Crippen LogP contribution in [0.2, 0.25) is 0 Å². The number of ether oxygens (including phenoxy) is 1. The quantitative estimate of drug-likeness (QED) is 0.447. The number of aromatic nitrogens is 2. The normalized spacial score (nSPS) is 10.8. The number of hydrogen-bond acceptors (Lipinski definition) is 4. The summed E-state index contributed by atoms with van der Waals surface area (Å²) in [4.78, 5) is 14.5. The Labute approximate surface area is 188 Å². The van der Waals surface area contributed by atoms with E-state index in [1.54, 1.807) is 7.11 Å². The van der Waals surface area contributed by atoms with Gasteiger partial charge in [-0.2, -0.15) is 5.10 Å². The molecule has 0 aliphatic carbocycles. The van der Waals surface area contributed by atoms with Crippen LogP contribution < -0.4 is 10.1 Å². The van der Waals surface area contributed by atoms with Gasteiger partial charge in [0.2, 0.25) is 5.91 Å². The number of amides is 1. The minimum Gasteiger partial charge on any atom is -0.497 e. The fourth-order valence-electron chi connectivity index (χ4n) is 3.54. The molecule has 0 unspecified atom stereocenters. The standard InChI is InChI=1S/C26H26N4O2/c1-29(19-25(31)27-22-13-15-24(32-2)16-14-22)17-21-18-30(23-11-7-4-8-12-23)28-26(21)20-9-5-3-6-10-20/h3-16,18H,17,19H2,1-2H3,(H,27,31). The molecule has 4 rings (SSSR count). The summed E-state index contributed by atoms with van der Waals surface area (Å²) >= 11 is 0. The summed E-state index contributed by atoms with van der Waals surface area (Å²) in [5.41, 5.74) is 4.76. The van der Waals surface area contributed by atoms with Crippen molar-refractivity contribution in [3.8, 4) is 22.7 Å². The molecular formula is C26H26N4O2. The summed E-state index contributed by atoms with van der Waals surface area (Å²) in [5.74, 6) is 0.679. The van der Waals surface area contributed by atoms with Gasteiger partial charge in [0.25, 0.3) is 0 Å². The zero-order valence-electron chi connectivity index (χ0n) is 18.2. The van der Waals surface area contributed by atoms with Crippen molar-refractivity contribution in [1.29, 1.82) is 0 Å². The van der Waals surface area contributed by atoms with Crippen LogP contribution in [0.1, 0.15) is 5.56 Å². The second-order valence-electron chi connectivity index (χ2n) is 7.60. The summed E-state index contributed by atoms with van der Waals surface area (Å²) in [6.45, 7) is 0.851. The lowest BCUT2D eigenvalue weighted by Gasteiger charge is -2.16. The second kappa shape index (κ2) is 9.94. The number of rotatable bonds is 8. The van der Waals surface area contributed by atoms with Gasteiger partial charge in [-0.05, 0) is 43.4 Å². The van der Waals surface area contributed by atoms with Crippen molar-refractivity contribution >= 4 is 11.6 Å². The van der Waals surface area contributed by atoms with Gasteiger partial charge in [0.1, 0.15) is 5.75 Å². The number of para-hydroxylation sites is 1. The predicted octanol–water partition coefficient (Wildman–Crippen LogP) is 4.62. The number of nitrogens with one attached hydrogen (secondary N) is 1. The molecule has 6 nitrogen and oxygen atoms in total. The Morgan fingerprint density at radius 2 is 1.62 bits per heavy atom. The fraction of sp³-hybridized carbons (Fsp3) is 0.154. The fourth-order valence-corrected chi connectivity index (χ4v) is 3.54. The van der Waals surface area contributed by atoms with Crippen molar-refractivity contribution in [2.24, 2.45) is 0 Å². The van der Waals surface area contributed by atoms with Crippen LogP contribution in [-0.4, -0.2) is 41.3 Å². The van der Waals surface area contributed by atoms with Crippen molar-refractivity contribution in [2.45, 2.75) is 6.54 Å². The first kappa shape index (κ1) is 21.3. The Morgan fingerprint density at radius 3 is 2.28 bits per heavy atom. The molecule has 6 heteroatoms. The number of benzene rings is 3. The van der Waals surface area contributed by atoms with Gasteiger partial charge in [-0.1, -0.05) is 48.5 Å². The summed E-state index contributed by atoms with van der Waals surface area (Å²) in [7, 11) is 3.55. The van der Waals surface area contributed by atoms with Gasteiger partial charge in [-0.15, -0.1) is 0 Å². The zero-order chi connectivity index (χ0) is 22.3. The molecule has 32 heavy (non-hydrogen) atoms. The average molecular weight is 427 g/mol. The van der Waals surface area contributed by atoms with Crippen LogP contribution in [0.15, 0.2) is 91.1 Å². The molecule has 1 aromatic heterocycles. The molecule has 0 aliphatic heterocycles. The molecule has 0 aliphatic rings. The maximum absolute atomic E-state index is 12.5. The minimum absolute atomic E-state index is 0.0746. The zero-order valence-corrected chi connectivity index (χ0v) is 18.2. The van der Waals surface area contributed by atoms with Gasteiger partial charge in [0.15, 0.2) is 0 Å². The summed E-state index contributed by atoms with van der Waals surface area (Å²) in [6, 6.07) is 27.4. The highest BCUT2D eigenvalue weighted by molar-refractivity contribution is 5.92. The second-order valence-corrected chi connectivity index (χ2v) is 7.60. The molecule has 1 amide bonds. The summed E-state index contributed by atoms with van der Waals surface area (Å²) in [6.07, 6.45) is 2.04. The maximum atomic E-state index is 12.5. The van der Waals surface area contributed by atoms with E-state index in [0.29, 0.717) is 6.54 Å². The largest absolute Gasteiger partial charge is 0.497 e. The van der Waals surface area contributed by atoms with Gasteiger partial charge in [0.05, 0.1) is 25.0 Å². The van der Waals surface area contributed by atoms with Crippen LogP contribution in [0.3, 0.4) is 0 Å². The number of carbonyl (C=O) groups is 1. The number of likely N-dealkylation sites (N-methyl/N-ethyl adjacent to an activating group) is 1. The lowest BCUT2D eigenvalue weighted by molar-refractivity contribution is -0.117. The average Bonchev–Trinajstić information content (AvgIpc) is 3.24. The molecule has 4 aromatic rings. The van der Waals surface area contributed by atoms with Crippen LogP contribution in [-0.2, 0) is 11.3 Å². The summed E-state index contributed by atoms with van der Waals surface area (Å²) in [5, 5.41) is 7.77. The first-order valence-corrected chi connectivity index (χ1v) is 10.4. The minimum atomic E-state index is -0.0746. The molecule has 0 spiro atoms. The smallest absolute Gasteiger partial charge is 0.238 e. The van der Waals surface area contributed by atoms with Gasteiger partial charge in [-0.3, -0.25) is 9.69 Å². The van der Waals surface area contributed by atoms with E-state index >= 15 is 0 Å². The monoisotopic (exact) mass is 426 g/mol. The summed E-state index contributed by atoms with van der Waals surface area (Å²) < 4.78 is 7.05. The maximum Gasteiger partial charge on any atom is 0.238 e. The first-order valence-electron chi connectivity index (χ1n) is 10.4. The topological polar surface area (TPSA) is 59.4 Å². The van der Waals surface area contributed by atoms with Crippen LogP contribution in [0, 0.1) is 0 Å². The van der Waals surface area contributed by atoms with E-state index in [-0.39, 0.29) is 12.5 Å². The molecular weight excluding hydrogens is 400 g/mol. The van der Waals surface area contributed by atoms with Crippen molar-refractivity contribution in [1.82, 2.24) is 14.7 Å². The van der Waals surface area contributed by atoms with Gasteiger partial charge >= 0.3 is 0 Å². The van der Waals surface area contributed by atoms with Crippen LogP contribution >= 0.6 is 0 Å².